The summed E-state index contributed by atoms with van der Waals surface area (Å²) in [5, 5.41) is 30.3. The van der Waals surface area contributed by atoms with Crippen molar-refractivity contribution in [3.8, 4) is 11.5 Å². The molecular weight excluding hydrogens is 384 g/mol. The van der Waals surface area contributed by atoms with Crippen molar-refractivity contribution in [2.45, 2.75) is 59.5 Å². The van der Waals surface area contributed by atoms with Crippen LogP contribution in [0.3, 0.4) is 0 Å². The first-order chi connectivity index (χ1) is 14.0. The van der Waals surface area contributed by atoms with Crippen LogP contribution in [0.25, 0.3) is 0 Å². The zero-order valence-corrected chi connectivity index (χ0v) is 18.4. The summed E-state index contributed by atoms with van der Waals surface area (Å²) in [6.07, 6.45) is 5.83. The molecule has 6 heteroatoms. The molecule has 0 aliphatic heterocycles. The van der Waals surface area contributed by atoms with Gasteiger partial charge in [0.1, 0.15) is 17.6 Å². The fourth-order valence-electron chi connectivity index (χ4n) is 2.81. The first-order valence-electron chi connectivity index (χ1n) is 9.84. The number of phenols is 2. The van der Waals surface area contributed by atoms with Crippen LogP contribution in [-0.4, -0.2) is 40.3 Å². The maximum atomic E-state index is 11.9. The van der Waals surface area contributed by atoms with Crippen molar-refractivity contribution in [1.82, 2.24) is 0 Å². The van der Waals surface area contributed by atoms with Crippen LogP contribution in [0.5, 0.6) is 11.5 Å². The number of ether oxygens (including phenoxy) is 1. The lowest BCUT2D eigenvalue weighted by molar-refractivity contribution is -0.139. The van der Waals surface area contributed by atoms with Crippen molar-refractivity contribution >= 4 is 11.8 Å². The smallest absolute Gasteiger partial charge is 0.310 e. The molecular formula is C24H32O6. The molecule has 0 saturated carbocycles. The third-order valence-corrected chi connectivity index (χ3v) is 4.65. The molecule has 0 saturated heterocycles. The Kier molecular flexibility index (Phi) is 10.1. The molecule has 0 amide bonds. The van der Waals surface area contributed by atoms with Crippen molar-refractivity contribution in [3.05, 3.63) is 58.2 Å². The van der Waals surface area contributed by atoms with Crippen molar-refractivity contribution in [2.75, 3.05) is 7.11 Å². The standard InChI is InChI=1S/C24H32O6/c1-15(2)11-22(27)24(29)17(4)8-6-7-16(3)9-10-18-12-21(26)19(13-20(18)25)14-23(28)30-5/h8-9,11-13,24-26,29H,6-7,10,14H2,1-5H3/t24-/m0/s1. The molecule has 0 bridgehead atoms. The molecule has 6 nitrogen and oxygen atoms in total. The summed E-state index contributed by atoms with van der Waals surface area (Å²) >= 11 is 0. The Hall–Kier alpha value is -2.86. The van der Waals surface area contributed by atoms with E-state index < -0.39 is 12.1 Å². The van der Waals surface area contributed by atoms with E-state index in [0.717, 1.165) is 17.6 Å². The Morgan fingerprint density at radius 1 is 1.03 bits per heavy atom. The molecule has 1 atom stereocenters. The molecule has 0 aliphatic carbocycles. The summed E-state index contributed by atoms with van der Waals surface area (Å²) in [6, 6.07) is 2.83. The van der Waals surface area contributed by atoms with Gasteiger partial charge in [-0.25, -0.2) is 0 Å². The molecule has 0 aromatic heterocycles. The Bertz CT molecular complexity index is 857. The normalized spacial score (nSPS) is 13.0. The van der Waals surface area contributed by atoms with E-state index >= 15 is 0 Å². The van der Waals surface area contributed by atoms with Gasteiger partial charge in [-0.1, -0.05) is 23.3 Å². The predicted octanol–water partition coefficient (Wildman–Crippen LogP) is 3.92. The van der Waals surface area contributed by atoms with Crippen LogP contribution in [-0.2, 0) is 27.2 Å². The van der Waals surface area contributed by atoms with Gasteiger partial charge >= 0.3 is 5.97 Å². The number of benzene rings is 1. The molecule has 0 aliphatic rings. The number of methoxy groups -OCH3 is 1. The summed E-state index contributed by atoms with van der Waals surface area (Å²) in [7, 11) is 1.26. The zero-order chi connectivity index (χ0) is 22.8. The molecule has 0 heterocycles. The fraction of sp³-hybridized carbons (Fsp3) is 0.417. The van der Waals surface area contributed by atoms with E-state index in [4.69, 9.17) is 0 Å². The second-order valence-corrected chi connectivity index (χ2v) is 7.63. The number of hydrogen-bond acceptors (Lipinski definition) is 6. The van der Waals surface area contributed by atoms with E-state index in [1.54, 1.807) is 6.92 Å². The van der Waals surface area contributed by atoms with Crippen molar-refractivity contribution < 1.29 is 29.6 Å². The maximum absolute atomic E-state index is 11.9. The van der Waals surface area contributed by atoms with Crippen LogP contribution in [0.15, 0.2) is 47.1 Å². The van der Waals surface area contributed by atoms with Gasteiger partial charge in [-0.2, -0.15) is 0 Å². The van der Waals surface area contributed by atoms with E-state index in [0.29, 0.717) is 29.5 Å². The van der Waals surface area contributed by atoms with Crippen molar-refractivity contribution in [3.63, 3.8) is 0 Å². The Labute approximate surface area is 178 Å². The minimum absolute atomic E-state index is 0.00685. The van der Waals surface area contributed by atoms with Crippen molar-refractivity contribution in [1.29, 1.82) is 0 Å². The lowest BCUT2D eigenvalue weighted by Gasteiger charge is -2.09. The Morgan fingerprint density at radius 3 is 2.23 bits per heavy atom. The van der Waals surface area contributed by atoms with Gasteiger partial charge in [0, 0.05) is 11.1 Å². The number of hydrogen-bond donors (Lipinski definition) is 3. The van der Waals surface area contributed by atoms with Crippen LogP contribution in [0.2, 0.25) is 0 Å². The topological polar surface area (TPSA) is 104 Å². The molecule has 0 fully saturated rings. The number of allylic oxidation sites excluding steroid dienone is 4. The highest BCUT2D eigenvalue weighted by atomic mass is 16.5. The fourth-order valence-corrected chi connectivity index (χ4v) is 2.81. The van der Waals surface area contributed by atoms with Crippen molar-refractivity contribution in [2.24, 2.45) is 0 Å². The SMILES string of the molecule is COC(=O)Cc1cc(O)c(CC=C(C)CCC=C(C)[C@H](O)C(=O)C=C(C)C)cc1O. The lowest BCUT2D eigenvalue weighted by atomic mass is 10.0. The molecule has 0 spiro atoms. The first-order valence-corrected chi connectivity index (χ1v) is 9.84. The second-order valence-electron chi connectivity index (χ2n) is 7.63. The first kappa shape index (κ1) is 25.2. The summed E-state index contributed by atoms with van der Waals surface area (Å²) in [6.45, 7) is 7.30. The zero-order valence-electron chi connectivity index (χ0n) is 18.4. The van der Waals surface area contributed by atoms with Gasteiger partial charge in [-0.3, -0.25) is 9.59 Å². The highest BCUT2D eigenvalue weighted by molar-refractivity contribution is 5.95. The maximum Gasteiger partial charge on any atom is 0.310 e. The highest BCUT2D eigenvalue weighted by Crippen LogP contribution is 2.29. The van der Waals surface area contributed by atoms with Crippen LogP contribution in [0.4, 0.5) is 0 Å². The van der Waals surface area contributed by atoms with E-state index in [1.165, 1.54) is 25.3 Å². The molecule has 1 aromatic carbocycles. The third kappa shape index (κ3) is 8.25. The number of esters is 1. The number of phenolic OH excluding ortho intramolecular Hbond substituents is 2. The minimum Gasteiger partial charge on any atom is -0.508 e. The number of aromatic hydroxyl groups is 2. The van der Waals surface area contributed by atoms with E-state index in [1.807, 2.05) is 32.9 Å². The number of rotatable bonds is 10. The summed E-state index contributed by atoms with van der Waals surface area (Å²) < 4.78 is 4.57. The molecule has 1 rings (SSSR count). The molecule has 164 valence electrons. The molecule has 3 N–H and O–H groups in total. The van der Waals surface area contributed by atoms with Gasteiger partial charge in [0.05, 0.1) is 13.5 Å². The van der Waals surface area contributed by atoms with E-state index in [-0.39, 0.29) is 23.7 Å². The van der Waals surface area contributed by atoms with E-state index in [9.17, 15) is 24.9 Å². The summed E-state index contributed by atoms with van der Waals surface area (Å²) in [4.78, 5) is 23.2. The van der Waals surface area contributed by atoms with Gasteiger partial charge in [-0.05, 0) is 70.7 Å². The molecule has 0 unspecified atom stereocenters. The Morgan fingerprint density at radius 2 is 1.63 bits per heavy atom. The number of ketones is 1. The van der Waals surface area contributed by atoms with Crippen LogP contribution >= 0.6 is 0 Å². The van der Waals surface area contributed by atoms with Crippen LogP contribution < -0.4 is 0 Å². The van der Waals surface area contributed by atoms with Crippen LogP contribution in [0.1, 0.15) is 51.7 Å². The molecule has 30 heavy (non-hydrogen) atoms. The number of carbonyl (C=O) groups is 2. The quantitative estimate of drug-likeness (QED) is 0.231. The number of aliphatic hydroxyl groups excluding tert-OH is 1. The van der Waals surface area contributed by atoms with Gasteiger partial charge < -0.3 is 20.1 Å². The van der Waals surface area contributed by atoms with Gasteiger partial charge in [0.25, 0.3) is 0 Å². The second kappa shape index (κ2) is 12.0. The predicted molar refractivity (Wildman–Crippen MR) is 116 cm³/mol. The number of aliphatic hydroxyl groups is 1. The van der Waals surface area contributed by atoms with Gasteiger partial charge in [0.15, 0.2) is 5.78 Å². The summed E-state index contributed by atoms with van der Waals surface area (Å²) in [5.41, 5.74) is 3.40. The average Bonchev–Trinajstić information content (AvgIpc) is 2.67. The lowest BCUT2D eigenvalue weighted by Crippen LogP contribution is -2.19. The van der Waals surface area contributed by atoms with Crippen LogP contribution in [0, 0.1) is 0 Å². The average molecular weight is 417 g/mol. The summed E-state index contributed by atoms with van der Waals surface area (Å²) in [5.74, 6) is -0.869. The van der Waals surface area contributed by atoms with E-state index in [2.05, 4.69) is 4.74 Å². The largest absolute Gasteiger partial charge is 0.508 e. The van der Waals surface area contributed by atoms with Gasteiger partial charge in [0.2, 0.25) is 0 Å². The number of carbonyl (C=O) groups excluding carboxylic acids is 2. The van der Waals surface area contributed by atoms with Gasteiger partial charge in [-0.15, -0.1) is 0 Å². The third-order valence-electron chi connectivity index (χ3n) is 4.65. The Balaban J connectivity index is 2.70. The highest BCUT2D eigenvalue weighted by Gasteiger charge is 2.14. The monoisotopic (exact) mass is 416 g/mol. The molecule has 0 radical (unpaired) electrons. The molecule has 1 aromatic rings. The minimum atomic E-state index is -1.12.